The van der Waals surface area contributed by atoms with E-state index in [1.54, 1.807) is 19.2 Å². The van der Waals surface area contributed by atoms with E-state index in [0.717, 1.165) is 10.9 Å². The maximum absolute atomic E-state index is 11.7. The fraction of sp³-hybridized carbons (Fsp3) is 0.211. The first-order valence-corrected chi connectivity index (χ1v) is 9.12. The molecule has 0 saturated heterocycles. The number of nitrogens with zero attached hydrogens (tertiary/aromatic N) is 2. The zero-order valence-electron chi connectivity index (χ0n) is 14.5. The summed E-state index contributed by atoms with van der Waals surface area (Å²) in [5.74, 6) is 0.144. The number of hydrogen-bond donors (Lipinski definition) is 0. The lowest BCUT2D eigenvalue weighted by Gasteiger charge is -2.21. The number of carbonyl (C=O) groups excluding carboxylic acids is 1. The summed E-state index contributed by atoms with van der Waals surface area (Å²) in [6.07, 6.45) is 2.66. The van der Waals surface area contributed by atoms with Crippen molar-refractivity contribution in [3.05, 3.63) is 63.0 Å². The molecule has 0 spiro atoms. The van der Waals surface area contributed by atoms with Crippen LogP contribution in [0.15, 0.2) is 36.7 Å². The normalized spacial score (nSPS) is 12.0. The Balaban J connectivity index is 2.15. The van der Waals surface area contributed by atoms with Crippen LogP contribution in [-0.4, -0.2) is 23.0 Å². The summed E-state index contributed by atoms with van der Waals surface area (Å²) < 4.78 is 11.0. The maximum atomic E-state index is 11.7. The molecule has 2 aromatic heterocycles. The molecule has 5 nitrogen and oxygen atoms in total. The number of pyridine rings is 2. The number of hydrogen-bond acceptors (Lipinski definition) is 5. The monoisotopic (exact) mass is 424 g/mol. The summed E-state index contributed by atoms with van der Waals surface area (Å²) in [5.41, 5.74) is 1.96. The van der Waals surface area contributed by atoms with Crippen molar-refractivity contribution in [2.45, 2.75) is 19.4 Å². The summed E-state index contributed by atoms with van der Waals surface area (Å²) in [7, 11) is 1.55. The van der Waals surface area contributed by atoms with Gasteiger partial charge in [0.25, 0.3) is 0 Å². The van der Waals surface area contributed by atoms with Gasteiger partial charge in [-0.05, 0) is 23.8 Å². The van der Waals surface area contributed by atoms with E-state index in [-0.39, 0.29) is 6.42 Å². The third kappa shape index (κ3) is 4.26. The summed E-state index contributed by atoms with van der Waals surface area (Å²) in [6, 6.07) is 7.07. The van der Waals surface area contributed by atoms with Gasteiger partial charge in [-0.3, -0.25) is 9.78 Å². The molecule has 8 heteroatoms. The minimum atomic E-state index is -0.628. The van der Waals surface area contributed by atoms with Gasteiger partial charge in [-0.25, -0.2) is 4.98 Å². The summed E-state index contributed by atoms with van der Waals surface area (Å²) >= 11 is 18.5. The third-order valence-corrected chi connectivity index (χ3v) is 4.90. The van der Waals surface area contributed by atoms with E-state index in [1.165, 1.54) is 19.3 Å². The first-order valence-electron chi connectivity index (χ1n) is 7.99. The quantitative estimate of drug-likeness (QED) is 0.402. The van der Waals surface area contributed by atoms with Crippen LogP contribution in [0.2, 0.25) is 15.2 Å². The molecule has 3 aromatic rings. The number of benzene rings is 1. The largest absolute Gasteiger partial charge is 0.494 e. The molecular weight excluding hydrogens is 411 g/mol. The molecule has 0 radical (unpaired) electrons. The summed E-state index contributed by atoms with van der Waals surface area (Å²) in [6.45, 7) is 1.35. The maximum Gasteiger partial charge on any atom is 0.303 e. The molecule has 0 saturated carbocycles. The topological polar surface area (TPSA) is 61.3 Å². The number of methoxy groups -OCH3 is 1. The molecule has 1 atom stereocenters. The number of fused-ring (bicyclic) bond motifs is 1. The van der Waals surface area contributed by atoms with Gasteiger partial charge in [0, 0.05) is 36.7 Å². The van der Waals surface area contributed by atoms with Crippen molar-refractivity contribution in [1.82, 2.24) is 9.97 Å². The predicted octanol–water partition coefficient (Wildman–Crippen LogP) is 5.45. The van der Waals surface area contributed by atoms with Crippen LogP contribution < -0.4 is 4.74 Å². The Morgan fingerprint density at radius 1 is 1.11 bits per heavy atom. The lowest BCUT2D eigenvalue weighted by atomic mass is 9.97. The lowest BCUT2D eigenvalue weighted by molar-refractivity contribution is -0.146. The van der Waals surface area contributed by atoms with E-state index in [4.69, 9.17) is 44.3 Å². The first kappa shape index (κ1) is 19.7. The van der Waals surface area contributed by atoms with Crippen LogP contribution in [0.1, 0.15) is 24.2 Å². The lowest BCUT2D eigenvalue weighted by Crippen LogP contribution is -2.13. The van der Waals surface area contributed by atoms with Crippen LogP contribution in [0, 0.1) is 0 Å². The molecule has 0 aliphatic heterocycles. The molecule has 140 valence electrons. The average molecular weight is 426 g/mol. The van der Waals surface area contributed by atoms with Crippen LogP contribution >= 0.6 is 34.8 Å². The van der Waals surface area contributed by atoms with Crippen molar-refractivity contribution in [1.29, 1.82) is 0 Å². The van der Waals surface area contributed by atoms with E-state index in [9.17, 15) is 4.79 Å². The molecule has 0 bridgehead atoms. The van der Waals surface area contributed by atoms with E-state index >= 15 is 0 Å². The number of carbonyl (C=O) groups is 1. The highest BCUT2D eigenvalue weighted by atomic mass is 35.5. The standard InChI is InChI=1S/C19H15Cl3N2O3/c1-10(25)27-17(7-13-14(20)8-23-9-15(13)21)11-3-5-16(26-2)19-12(11)4-6-18(22)24-19/h3-6,8-9,17H,7H2,1-2H3. The smallest absolute Gasteiger partial charge is 0.303 e. The molecule has 3 rings (SSSR count). The highest BCUT2D eigenvalue weighted by Crippen LogP contribution is 2.36. The summed E-state index contributed by atoms with van der Waals surface area (Å²) in [4.78, 5) is 20.0. The molecule has 27 heavy (non-hydrogen) atoms. The van der Waals surface area contributed by atoms with Gasteiger partial charge < -0.3 is 9.47 Å². The third-order valence-electron chi connectivity index (χ3n) is 4.04. The van der Waals surface area contributed by atoms with Crippen molar-refractivity contribution in [2.24, 2.45) is 0 Å². The van der Waals surface area contributed by atoms with E-state index in [1.807, 2.05) is 12.1 Å². The second-order valence-electron chi connectivity index (χ2n) is 5.77. The van der Waals surface area contributed by atoms with Gasteiger partial charge in [-0.2, -0.15) is 0 Å². The van der Waals surface area contributed by atoms with Crippen LogP contribution in [0.4, 0.5) is 0 Å². The molecule has 0 fully saturated rings. The van der Waals surface area contributed by atoms with Crippen LogP contribution in [0.25, 0.3) is 10.9 Å². The van der Waals surface area contributed by atoms with Crippen LogP contribution in [0.3, 0.4) is 0 Å². The van der Waals surface area contributed by atoms with Gasteiger partial charge in [0.15, 0.2) is 0 Å². The number of aromatic nitrogens is 2. The minimum absolute atomic E-state index is 0.282. The Hall–Kier alpha value is -2.08. The van der Waals surface area contributed by atoms with Gasteiger partial charge in [0.05, 0.1) is 17.2 Å². The first-order chi connectivity index (χ1) is 12.9. The Labute approximate surface area is 171 Å². The molecule has 0 aliphatic rings. The zero-order valence-corrected chi connectivity index (χ0v) is 16.8. The Bertz CT molecular complexity index is 991. The molecule has 2 heterocycles. The van der Waals surface area contributed by atoms with Gasteiger partial charge in [0.2, 0.25) is 0 Å². The average Bonchev–Trinajstić information content (AvgIpc) is 2.62. The fourth-order valence-electron chi connectivity index (χ4n) is 2.87. The Morgan fingerprint density at radius 2 is 1.81 bits per heavy atom. The summed E-state index contributed by atoms with van der Waals surface area (Å²) in [5, 5.41) is 1.89. The van der Waals surface area contributed by atoms with Crippen molar-refractivity contribution in [3.63, 3.8) is 0 Å². The molecule has 1 aromatic carbocycles. The van der Waals surface area contributed by atoms with Gasteiger partial charge in [0.1, 0.15) is 22.5 Å². The second-order valence-corrected chi connectivity index (χ2v) is 6.97. The Kier molecular flexibility index (Phi) is 6.05. The zero-order chi connectivity index (χ0) is 19.6. The second kappa shape index (κ2) is 8.30. The highest BCUT2D eigenvalue weighted by Gasteiger charge is 2.23. The van der Waals surface area contributed by atoms with Gasteiger partial charge in [-0.1, -0.05) is 40.9 Å². The number of halogens is 3. The van der Waals surface area contributed by atoms with Crippen LogP contribution in [0.5, 0.6) is 5.75 Å². The molecular formula is C19H15Cl3N2O3. The molecule has 1 unspecified atom stereocenters. The minimum Gasteiger partial charge on any atom is -0.494 e. The number of ether oxygens (including phenoxy) is 2. The van der Waals surface area contributed by atoms with E-state index in [0.29, 0.717) is 32.0 Å². The van der Waals surface area contributed by atoms with Crippen molar-refractivity contribution in [2.75, 3.05) is 7.11 Å². The number of rotatable bonds is 5. The SMILES string of the molecule is COc1ccc(C(Cc2c(Cl)cncc2Cl)OC(C)=O)c2ccc(Cl)nc12. The van der Waals surface area contributed by atoms with E-state index in [2.05, 4.69) is 9.97 Å². The van der Waals surface area contributed by atoms with Gasteiger partial charge >= 0.3 is 5.97 Å². The van der Waals surface area contributed by atoms with E-state index < -0.39 is 12.1 Å². The Morgan fingerprint density at radius 3 is 2.44 bits per heavy atom. The fourth-order valence-corrected chi connectivity index (χ4v) is 3.54. The van der Waals surface area contributed by atoms with Crippen LogP contribution in [-0.2, 0) is 16.0 Å². The van der Waals surface area contributed by atoms with Crippen molar-refractivity contribution in [3.8, 4) is 5.75 Å². The molecule has 0 aliphatic carbocycles. The number of esters is 1. The molecule has 0 N–H and O–H groups in total. The highest BCUT2D eigenvalue weighted by molar-refractivity contribution is 6.35. The predicted molar refractivity (Wildman–Crippen MR) is 106 cm³/mol. The molecule has 0 amide bonds. The van der Waals surface area contributed by atoms with Crippen molar-refractivity contribution >= 4 is 51.7 Å². The van der Waals surface area contributed by atoms with Crippen molar-refractivity contribution < 1.29 is 14.3 Å². The van der Waals surface area contributed by atoms with Gasteiger partial charge in [-0.15, -0.1) is 0 Å².